The number of hydrogen-bond acceptors (Lipinski definition) is 3. The molecule has 1 heterocycles. The molecule has 0 unspecified atom stereocenters. The Morgan fingerprint density at radius 1 is 1.14 bits per heavy atom. The van der Waals surface area contributed by atoms with Crippen molar-refractivity contribution in [2.24, 2.45) is 5.92 Å². The van der Waals surface area contributed by atoms with Gasteiger partial charge in [0.05, 0.1) is 18.2 Å². The zero-order valence-electron chi connectivity index (χ0n) is 17.3. The molecule has 0 radical (unpaired) electrons. The molecule has 1 amide bonds. The van der Waals surface area contributed by atoms with Gasteiger partial charge < -0.3 is 14.0 Å². The van der Waals surface area contributed by atoms with Crippen LogP contribution in [0.25, 0.3) is 22.2 Å². The Bertz CT molecular complexity index is 1000. The van der Waals surface area contributed by atoms with Gasteiger partial charge in [0.1, 0.15) is 5.75 Å². The first-order valence-corrected chi connectivity index (χ1v) is 10.4. The summed E-state index contributed by atoms with van der Waals surface area (Å²) in [4.78, 5) is 11.8. The van der Waals surface area contributed by atoms with Crippen LogP contribution in [0.5, 0.6) is 5.75 Å². The third kappa shape index (κ3) is 4.56. The molecule has 2 aromatic carbocycles. The van der Waals surface area contributed by atoms with Crippen LogP contribution in [0.4, 0.5) is 10.5 Å². The van der Waals surface area contributed by atoms with Crippen molar-refractivity contribution in [3.8, 4) is 17.0 Å². The Balaban J connectivity index is 1.64. The minimum atomic E-state index is -0.431. The van der Waals surface area contributed by atoms with Gasteiger partial charge in [0.2, 0.25) is 0 Å². The third-order valence-electron chi connectivity index (χ3n) is 5.09. The smallest absolute Gasteiger partial charge is 0.411 e. The van der Waals surface area contributed by atoms with Gasteiger partial charge in [0.25, 0.3) is 0 Å². The van der Waals surface area contributed by atoms with Crippen molar-refractivity contribution in [1.29, 1.82) is 0 Å². The molecule has 152 valence electrons. The van der Waals surface area contributed by atoms with Crippen LogP contribution in [0.2, 0.25) is 0 Å². The molecule has 0 spiro atoms. The van der Waals surface area contributed by atoms with Crippen molar-refractivity contribution < 1.29 is 14.3 Å². The molecule has 5 heteroatoms. The Labute approximate surface area is 171 Å². The van der Waals surface area contributed by atoms with Crippen molar-refractivity contribution in [1.82, 2.24) is 4.57 Å². The Morgan fingerprint density at radius 3 is 2.55 bits per heavy atom. The van der Waals surface area contributed by atoms with Crippen LogP contribution in [-0.2, 0) is 11.3 Å². The van der Waals surface area contributed by atoms with Crippen LogP contribution in [0.1, 0.15) is 33.6 Å². The molecule has 1 saturated carbocycles. The van der Waals surface area contributed by atoms with Crippen molar-refractivity contribution >= 4 is 22.7 Å². The number of hydrogen-bond donors (Lipinski definition) is 1. The molecule has 1 aliphatic rings. The van der Waals surface area contributed by atoms with Crippen molar-refractivity contribution in [2.45, 2.75) is 46.3 Å². The van der Waals surface area contributed by atoms with Crippen LogP contribution in [0.3, 0.4) is 0 Å². The number of carbonyl (C=O) groups excluding carboxylic acids is 1. The predicted octanol–water partition coefficient (Wildman–Crippen LogP) is 6.07. The van der Waals surface area contributed by atoms with Crippen molar-refractivity contribution in [2.75, 3.05) is 11.9 Å². The summed E-state index contributed by atoms with van der Waals surface area (Å²) in [6.45, 7) is 7.35. The molecule has 29 heavy (non-hydrogen) atoms. The highest BCUT2D eigenvalue weighted by Gasteiger charge is 2.24. The molecule has 0 aliphatic heterocycles. The summed E-state index contributed by atoms with van der Waals surface area (Å²) >= 11 is 0. The first-order valence-electron chi connectivity index (χ1n) is 10.4. The first kappa shape index (κ1) is 19.4. The lowest BCUT2D eigenvalue weighted by molar-refractivity contribution is 0.130. The topological polar surface area (TPSA) is 52.5 Å². The van der Waals surface area contributed by atoms with Gasteiger partial charge in [-0.2, -0.15) is 0 Å². The summed E-state index contributed by atoms with van der Waals surface area (Å²) in [7, 11) is 0. The second kappa shape index (κ2) is 8.19. The number of fused-ring (bicyclic) bond motifs is 1. The molecule has 5 nitrogen and oxygen atoms in total. The number of ether oxygens (including phenoxy) is 2. The quantitative estimate of drug-likeness (QED) is 0.530. The first-order chi connectivity index (χ1) is 14.0. The molecule has 1 N–H and O–H groups in total. The fourth-order valence-corrected chi connectivity index (χ4v) is 3.57. The van der Waals surface area contributed by atoms with E-state index in [0.717, 1.165) is 29.5 Å². The highest BCUT2D eigenvalue weighted by molar-refractivity contribution is 5.89. The van der Waals surface area contributed by atoms with Gasteiger partial charge in [-0.05, 0) is 75.4 Å². The molecule has 1 aromatic heterocycles. The monoisotopic (exact) mass is 392 g/mol. The summed E-state index contributed by atoms with van der Waals surface area (Å²) in [5.74, 6) is 1.66. The van der Waals surface area contributed by atoms with Crippen molar-refractivity contribution in [3.63, 3.8) is 0 Å². The lowest BCUT2D eigenvalue weighted by atomic mass is 10.1. The van der Waals surface area contributed by atoms with E-state index in [1.165, 1.54) is 29.4 Å². The van der Waals surface area contributed by atoms with Gasteiger partial charge >= 0.3 is 6.09 Å². The van der Waals surface area contributed by atoms with E-state index in [4.69, 9.17) is 9.47 Å². The minimum absolute atomic E-state index is 0.144. The summed E-state index contributed by atoms with van der Waals surface area (Å²) < 4.78 is 13.3. The van der Waals surface area contributed by atoms with Crippen LogP contribution >= 0.6 is 0 Å². The van der Waals surface area contributed by atoms with E-state index >= 15 is 0 Å². The third-order valence-corrected chi connectivity index (χ3v) is 5.09. The number of benzene rings is 2. The summed E-state index contributed by atoms with van der Waals surface area (Å²) in [6.07, 6.45) is 2.02. The molecule has 4 rings (SSSR count). The normalized spacial score (nSPS) is 13.7. The van der Waals surface area contributed by atoms with Gasteiger partial charge in [-0.15, -0.1) is 0 Å². The maximum atomic E-state index is 11.8. The van der Waals surface area contributed by atoms with Crippen LogP contribution in [0.15, 0.2) is 48.5 Å². The van der Waals surface area contributed by atoms with Gasteiger partial charge in [0, 0.05) is 29.4 Å². The fourth-order valence-electron chi connectivity index (χ4n) is 3.57. The van der Waals surface area contributed by atoms with E-state index in [-0.39, 0.29) is 6.10 Å². The maximum Gasteiger partial charge on any atom is 0.411 e. The van der Waals surface area contributed by atoms with Gasteiger partial charge in [-0.3, -0.25) is 5.32 Å². The molecule has 3 aromatic rings. The maximum absolute atomic E-state index is 11.8. The zero-order valence-corrected chi connectivity index (χ0v) is 17.3. The predicted molar refractivity (Wildman–Crippen MR) is 117 cm³/mol. The summed E-state index contributed by atoms with van der Waals surface area (Å²) in [6, 6.07) is 16.5. The Kier molecular flexibility index (Phi) is 5.47. The van der Waals surface area contributed by atoms with Crippen LogP contribution in [-0.4, -0.2) is 23.4 Å². The average Bonchev–Trinajstić information content (AvgIpc) is 3.43. The van der Waals surface area contributed by atoms with E-state index in [0.29, 0.717) is 6.61 Å². The molecule has 0 bridgehead atoms. The second-order valence-corrected chi connectivity index (χ2v) is 7.89. The number of amides is 1. The number of rotatable bonds is 7. The Hall–Kier alpha value is -2.95. The summed E-state index contributed by atoms with van der Waals surface area (Å²) in [5, 5.41) is 3.99. The largest absolute Gasteiger partial charge is 0.494 e. The lowest BCUT2D eigenvalue weighted by Gasteiger charge is -2.13. The Morgan fingerprint density at radius 2 is 1.90 bits per heavy atom. The van der Waals surface area contributed by atoms with E-state index in [1.807, 2.05) is 51.1 Å². The molecular weight excluding hydrogens is 364 g/mol. The highest BCUT2D eigenvalue weighted by Crippen LogP contribution is 2.37. The second-order valence-electron chi connectivity index (χ2n) is 7.89. The number of aromatic nitrogens is 1. The minimum Gasteiger partial charge on any atom is -0.494 e. The number of carbonyl (C=O) groups is 1. The van der Waals surface area contributed by atoms with E-state index in [1.54, 1.807) is 0 Å². The highest BCUT2D eigenvalue weighted by atomic mass is 16.6. The fraction of sp³-hybridized carbons (Fsp3) is 0.375. The standard InChI is InChI=1S/C24H28N2O3/c1-4-28-21-12-9-19-13-22(26(23(19)14-21)15-17-5-6-17)18-7-10-20(11-8-18)25-24(27)29-16(2)3/h7-14,16-17H,4-6,15H2,1-3H3,(H,25,27). The van der Waals surface area contributed by atoms with Crippen LogP contribution < -0.4 is 10.1 Å². The SMILES string of the molecule is CCOc1ccc2cc(-c3ccc(NC(=O)OC(C)C)cc3)n(CC3CC3)c2c1. The van der Waals surface area contributed by atoms with Gasteiger partial charge in [0.15, 0.2) is 0 Å². The number of nitrogens with zero attached hydrogens (tertiary/aromatic N) is 1. The summed E-state index contributed by atoms with van der Waals surface area (Å²) in [5.41, 5.74) is 4.25. The molecule has 1 fully saturated rings. The van der Waals surface area contributed by atoms with E-state index in [9.17, 15) is 4.79 Å². The zero-order chi connectivity index (χ0) is 20.4. The van der Waals surface area contributed by atoms with E-state index in [2.05, 4.69) is 28.1 Å². The average molecular weight is 392 g/mol. The number of anilines is 1. The van der Waals surface area contributed by atoms with Gasteiger partial charge in [-0.25, -0.2) is 4.79 Å². The van der Waals surface area contributed by atoms with Crippen molar-refractivity contribution in [3.05, 3.63) is 48.5 Å². The van der Waals surface area contributed by atoms with Crippen LogP contribution in [0, 0.1) is 5.92 Å². The molecular formula is C24H28N2O3. The lowest BCUT2D eigenvalue weighted by Crippen LogP contribution is -2.17. The molecule has 0 atom stereocenters. The molecule has 1 aliphatic carbocycles. The van der Waals surface area contributed by atoms with Gasteiger partial charge in [-0.1, -0.05) is 12.1 Å². The number of nitrogens with one attached hydrogen (secondary N) is 1. The van der Waals surface area contributed by atoms with E-state index < -0.39 is 6.09 Å². The molecule has 0 saturated heterocycles.